The fraction of sp³-hybridized carbons (Fsp3) is 0.600. The van der Waals surface area contributed by atoms with Crippen LogP contribution in [0.3, 0.4) is 0 Å². The molecule has 2 heterocycles. The summed E-state index contributed by atoms with van der Waals surface area (Å²) in [5.41, 5.74) is 0.405. The number of nitrogens with one attached hydrogen (secondary N) is 1. The lowest BCUT2D eigenvalue weighted by atomic mass is 9.80. The average Bonchev–Trinajstić information content (AvgIpc) is 2.67. The third-order valence-corrected chi connectivity index (χ3v) is 4.19. The Morgan fingerprint density at radius 1 is 1.32 bits per heavy atom. The summed E-state index contributed by atoms with van der Waals surface area (Å²) < 4.78 is 17.2. The minimum atomic E-state index is -0.527. The zero-order valence-electron chi connectivity index (χ0n) is 14.0. The van der Waals surface area contributed by atoms with E-state index in [9.17, 15) is 4.79 Å². The van der Waals surface area contributed by atoms with Crippen molar-refractivity contribution in [2.45, 2.75) is 52.2 Å². The number of hydrogen-bond donors (Lipinski definition) is 1. The summed E-state index contributed by atoms with van der Waals surface area (Å²) in [7, 11) is 0.985. The number of hydrogen-bond acceptors (Lipinski definition) is 5. The first-order valence-electron chi connectivity index (χ1n) is 7.39. The number of carbonyl (C=O) groups excluding carboxylic acids is 1. The summed E-state index contributed by atoms with van der Waals surface area (Å²) >= 11 is 0. The molecule has 1 saturated heterocycles. The molecule has 0 aliphatic carbocycles. The molecule has 1 fully saturated rings. The number of pyridine rings is 1. The Kier molecular flexibility index (Phi) is 4.49. The molecule has 1 aliphatic rings. The van der Waals surface area contributed by atoms with E-state index in [0.717, 1.165) is 5.46 Å². The van der Waals surface area contributed by atoms with Gasteiger partial charge in [-0.05, 0) is 33.8 Å². The van der Waals surface area contributed by atoms with Crippen LogP contribution in [-0.4, -0.2) is 36.3 Å². The van der Waals surface area contributed by atoms with E-state index in [2.05, 4.69) is 10.3 Å². The van der Waals surface area contributed by atoms with Crippen LogP contribution in [0, 0.1) is 0 Å². The molecule has 1 amide bonds. The lowest BCUT2D eigenvalue weighted by molar-refractivity contribution is -0.115. The van der Waals surface area contributed by atoms with Gasteiger partial charge in [-0.3, -0.25) is 4.79 Å². The number of rotatable bonds is 4. The highest BCUT2D eigenvalue weighted by Crippen LogP contribution is 2.36. The lowest BCUT2D eigenvalue weighted by Gasteiger charge is -2.32. The molecule has 6 nitrogen and oxygen atoms in total. The number of nitrogens with zero attached hydrogens (tertiary/aromatic N) is 1. The van der Waals surface area contributed by atoms with Gasteiger partial charge in [0, 0.05) is 18.1 Å². The second kappa shape index (κ2) is 5.89. The third kappa shape index (κ3) is 3.10. The molecule has 0 radical (unpaired) electrons. The molecule has 0 saturated carbocycles. The predicted molar refractivity (Wildman–Crippen MR) is 85.4 cm³/mol. The van der Waals surface area contributed by atoms with Gasteiger partial charge in [-0.15, -0.1) is 0 Å². The van der Waals surface area contributed by atoms with Gasteiger partial charge in [0.15, 0.2) is 0 Å². The van der Waals surface area contributed by atoms with E-state index in [1.165, 1.54) is 7.11 Å². The number of amides is 1. The molecule has 0 atom stereocenters. The maximum absolute atomic E-state index is 11.6. The summed E-state index contributed by atoms with van der Waals surface area (Å²) in [6.45, 7) is 9.74. The van der Waals surface area contributed by atoms with E-state index in [1.54, 1.807) is 19.2 Å². The quantitative estimate of drug-likeness (QED) is 0.858. The third-order valence-electron chi connectivity index (χ3n) is 4.19. The zero-order valence-corrected chi connectivity index (χ0v) is 14.0. The minimum absolute atomic E-state index is 0.105. The summed E-state index contributed by atoms with van der Waals surface area (Å²) in [5, 5.41) is 2.78. The van der Waals surface area contributed by atoms with E-state index in [-0.39, 0.29) is 5.91 Å². The van der Waals surface area contributed by atoms with Crippen molar-refractivity contribution >= 4 is 24.2 Å². The molecular weight excluding hydrogens is 283 g/mol. The monoisotopic (exact) mass is 306 g/mol. The highest BCUT2D eigenvalue weighted by atomic mass is 16.7. The van der Waals surface area contributed by atoms with Crippen molar-refractivity contribution in [3.63, 3.8) is 0 Å². The zero-order chi connectivity index (χ0) is 16.5. The second-order valence-corrected chi connectivity index (χ2v) is 6.32. The molecule has 120 valence electrons. The first-order valence-corrected chi connectivity index (χ1v) is 7.39. The number of methoxy groups -OCH3 is 1. The number of ether oxygens (including phenoxy) is 1. The van der Waals surface area contributed by atoms with Crippen LogP contribution >= 0.6 is 0 Å². The largest absolute Gasteiger partial charge is 0.496 e. The van der Waals surface area contributed by atoms with Gasteiger partial charge in [-0.2, -0.15) is 0 Å². The smallest absolute Gasteiger partial charge is 0.480 e. The van der Waals surface area contributed by atoms with Gasteiger partial charge in [0.1, 0.15) is 5.69 Å². The van der Waals surface area contributed by atoms with Gasteiger partial charge in [0.2, 0.25) is 11.8 Å². The lowest BCUT2D eigenvalue weighted by Crippen LogP contribution is -2.41. The summed E-state index contributed by atoms with van der Waals surface area (Å²) in [4.78, 5) is 15.9. The Bertz CT molecular complexity index is 559. The Morgan fingerprint density at radius 3 is 2.41 bits per heavy atom. The van der Waals surface area contributed by atoms with Crippen LogP contribution in [0.2, 0.25) is 0 Å². The van der Waals surface area contributed by atoms with E-state index in [4.69, 9.17) is 14.0 Å². The van der Waals surface area contributed by atoms with E-state index >= 15 is 0 Å². The maximum Gasteiger partial charge on any atom is 0.496 e. The van der Waals surface area contributed by atoms with Crippen molar-refractivity contribution in [2.75, 3.05) is 12.4 Å². The van der Waals surface area contributed by atoms with E-state index in [0.29, 0.717) is 18.0 Å². The molecule has 1 aromatic heterocycles. The number of aromatic nitrogens is 1. The Morgan fingerprint density at radius 2 is 1.91 bits per heavy atom. The molecule has 1 aromatic rings. The van der Waals surface area contributed by atoms with Crippen LogP contribution in [0.5, 0.6) is 5.88 Å². The first kappa shape index (κ1) is 16.8. The first-order chi connectivity index (χ1) is 10.2. The van der Waals surface area contributed by atoms with E-state index < -0.39 is 18.3 Å². The highest BCUT2D eigenvalue weighted by Gasteiger charge is 2.51. The fourth-order valence-corrected chi connectivity index (χ4v) is 2.07. The van der Waals surface area contributed by atoms with Crippen molar-refractivity contribution in [1.82, 2.24) is 4.98 Å². The average molecular weight is 306 g/mol. The van der Waals surface area contributed by atoms with Crippen molar-refractivity contribution in [3.8, 4) is 5.88 Å². The van der Waals surface area contributed by atoms with Crippen molar-refractivity contribution < 1.29 is 18.8 Å². The van der Waals surface area contributed by atoms with Gasteiger partial charge in [-0.25, -0.2) is 4.98 Å². The van der Waals surface area contributed by atoms with E-state index in [1.807, 2.05) is 27.7 Å². The summed E-state index contributed by atoms with van der Waals surface area (Å²) in [5.74, 6) is 0.258. The fourth-order valence-electron chi connectivity index (χ4n) is 2.07. The van der Waals surface area contributed by atoms with Crippen LogP contribution in [0.25, 0.3) is 0 Å². The SMILES string of the molecule is CCC(=O)Nc1cc(B2OC(C)(C)C(C)(C)O2)cnc1OC. The molecule has 0 unspecified atom stereocenters. The standard InChI is InChI=1S/C15H23BN2O4/c1-7-12(19)18-11-8-10(9-17-13(11)20-6)16-21-14(2,3)15(4,5)22-16/h8-9H,7H2,1-6H3,(H,18,19). The van der Waals surface area contributed by atoms with Crippen LogP contribution in [0.1, 0.15) is 41.0 Å². The molecule has 1 aliphatic heterocycles. The Balaban J connectivity index is 2.30. The minimum Gasteiger partial charge on any atom is -0.480 e. The van der Waals surface area contributed by atoms with Gasteiger partial charge < -0.3 is 19.4 Å². The van der Waals surface area contributed by atoms with Gasteiger partial charge in [-0.1, -0.05) is 6.92 Å². The van der Waals surface area contributed by atoms with Gasteiger partial charge in [0.25, 0.3) is 0 Å². The van der Waals surface area contributed by atoms with Gasteiger partial charge in [0.05, 0.1) is 18.3 Å². The summed E-state index contributed by atoms with van der Waals surface area (Å²) in [6, 6.07) is 1.78. The van der Waals surface area contributed by atoms with Gasteiger partial charge >= 0.3 is 7.12 Å². The predicted octanol–water partition coefficient (Wildman–Crippen LogP) is 1.74. The molecule has 2 rings (SSSR count). The number of anilines is 1. The normalized spacial score (nSPS) is 19.1. The Hall–Kier alpha value is -1.60. The van der Waals surface area contributed by atoms with Crippen molar-refractivity contribution in [1.29, 1.82) is 0 Å². The van der Waals surface area contributed by atoms with Crippen LogP contribution in [0.4, 0.5) is 5.69 Å². The second-order valence-electron chi connectivity index (χ2n) is 6.32. The van der Waals surface area contributed by atoms with Crippen molar-refractivity contribution in [2.24, 2.45) is 0 Å². The molecular formula is C15H23BN2O4. The molecule has 0 bridgehead atoms. The van der Waals surface area contributed by atoms with Crippen molar-refractivity contribution in [3.05, 3.63) is 12.3 Å². The number of carbonyl (C=O) groups is 1. The summed E-state index contributed by atoms with van der Waals surface area (Å²) in [6.07, 6.45) is 2.02. The molecule has 22 heavy (non-hydrogen) atoms. The van der Waals surface area contributed by atoms with Crippen LogP contribution in [0.15, 0.2) is 12.3 Å². The topological polar surface area (TPSA) is 69.7 Å². The van der Waals surface area contributed by atoms with Crippen LogP contribution < -0.4 is 15.5 Å². The molecule has 7 heteroatoms. The molecule has 0 spiro atoms. The Labute approximate surface area is 131 Å². The molecule has 1 N–H and O–H groups in total. The molecule has 0 aromatic carbocycles. The van der Waals surface area contributed by atoms with Crippen LogP contribution in [-0.2, 0) is 14.1 Å². The highest BCUT2D eigenvalue weighted by molar-refractivity contribution is 6.62. The maximum atomic E-state index is 11.6.